The topological polar surface area (TPSA) is 60.0 Å². The van der Waals surface area contributed by atoms with E-state index in [1.165, 1.54) is 29.7 Å². The van der Waals surface area contributed by atoms with Gasteiger partial charge in [-0.15, -0.1) is 0 Å². The number of hydrogen-bond donors (Lipinski definition) is 1. The Kier molecular flexibility index (Phi) is 9.04. The number of benzene rings is 2. The molecule has 1 aromatic heterocycles. The minimum Gasteiger partial charge on any atom is -0.495 e. The fourth-order valence-corrected chi connectivity index (χ4v) is 6.51. The number of nitrogens with zero attached hydrogens (tertiary/aromatic N) is 6. The number of ether oxygens (including phenoxy) is 1. The number of methoxy groups -OCH3 is 1. The predicted molar refractivity (Wildman–Crippen MR) is 176 cm³/mol. The van der Waals surface area contributed by atoms with Crippen LogP contribution < -0.4 is 24.8 Å². The first-order valence-electron chi connectivity index (χ1n) is 15.0. The molecule has 226 valence electrons. The van der Waals surface area contributed by atoms with Crippen LogP contribution in [0.4, 0.5) is 28.8 Å². The van der Waals surface area contributed by atoms with Crippen LogP contribution in [0.2, 0.25) is 5.02 Å². The summed E-state index contributed by atoms with van der Waals surface area (Å²) in [4.78, 5) is 18.9. The number of piperazine rings is 1. The van der Waals surface area contributed by atoms with Gasteiger partial charge in [-0.05, 0) is 81.8 Å². The maximum absolute atomic E-state index is 6.52. The minimum atomic E-state index is 0.146. The molecule has 0 saturated carbocycles. The molecule has 3 heterocycles. The Morgan fingerprint density at radius 1 is 0.929 bits per heavy atom. The lowest BCUT2D eigenvalue weighted by atomic mass is 9.78. The van der Waals surface area contributed by atoms with Crippen molar-refractivity contribution in [2.45, 2.75) is 46.1 Å². The minimum absolute atomic E-state index is 0.146. The number of nitrogens with one attached hydrogen (secondary N) is 1. The van der Waals surface area contributed by atoms with Gasteiger partial charge in [0.2, 0.25) is 5.95 Å². The molecule has 42 heavy (non-hydrogen) atoms. The smallest absolute Gasteiger partial charge is 0.227 e. The van der Waals surface area contributed by atoms with Crippen molar-refractivity contribution >= 4 is 40.4 Å². The summed E-state index contributed by atoms with van der Waals surface area (Å²) in [6, 6.07) is 12.9. The van der Waals surface area contributed by atoms with Crippen LogP contribution in [-0.2, 0) is 0 Å². The second-order valence-electron chi connectivity index (χ2n) is 12.4. The van der Waals surface area contributed by atoms with Gasteiger partial charge in [-0.2, -0.15) is 4.98 Å². The summed E-state index contributed by atoms with van der Waals surface area (Å²) in [5.74, 6) is 2.76. The Bertz CT molecular complexity index is 1380. The van der Waals surface area contributed by atoms with Gasteiger partial charge in [0.1, 0.15) is 10.8 Å². The Balaban J connectivity index is 1.19. The molecule has 0 atom stereocenters. The summed E-state index contributed by atoms with van der Waals surface area (Å²) < 4.78 is 5.59. The van der Waals surface area contributed by atoms with E-state index >= 15 is 0 Å². The zero-order chi connectivity index (χ0) is 30.0. The maximum atomic E-state index is 6.52. The van der Waals surface area contributed by atoms with Crippen molar-refractivity contribution in [1.29, 1.82) is 0 Å². The van der Waals surface area contributed by atoms with Crippen LogP contribution in [0.15, 0.2) is 42.6 Å². The SMILES string of the molecule is COc1cc(Nc2nc(N3CCN(C(C)(C)C4CCN(c5ccc(C)c(C)c5)CC4)CC3)ncc2Cl)ccc1N(C)C. The van der Waals surface area contributed by atoms with E-state index < -0.39 is 0 Å². The maximum Gasteiger partial charge on any atom is 0.227 e. The molecule has 8 nitrogen and oxygen atoms in total. The van der Waals surface area contributed by atoms with Crippen LogP contribution in [0, 0.1) is 19.8 Å². The number of anilines is 5. The number of piperidine rings is 1. The van der Waals surface area contributed by atoms with Gasteiger partial charge < -0.3 is 24.8 Å². The molecule has 3 aromatic rings. The van der Waals surface area contributed by atoms with E-state index in [1.807, 2.05) is 37.2 Å². The zero-order valence-electron chi connectivity index (χ0n) is 26.2. The number of rotatable bonds is 8. The van der Waals surface area contributed by atoms with Crippen LogP contribution in [0.3, 0.4) is 0 Å². The van der Waals surface area contributed by atoms with Gasteiger partial charge in [0.25, 0.3) is 0 Å². The number of aryl methyl sites for hydroxylation is 2. The molecule has 9 heteroatoms. The monoisotopic (exact) mass is 591 g/mol. The zero-order valence-corrected chi connectivity index (χ0v) is 27.0. The number of halogens is 1. The molecule has 0 spiro atoms. The largest absolute Gasteiger partial charge is 0.495 e. The van der Waals surface area contributed by atoms with Crippen molar-refractivity contribution in [2.24, 2.45) is 5.92 Å². The lowest BCUT2D eigenvalue weighted by molar-refractivity contribution is 0.0449. The molecular weight excluding hydrogens is 546 g/mol. The molecule has 0 amide bonds. The van der Waals surface area contributed by atoms with E-state index in [1.54, 1.807) is 13.3 Å². The third-order valence-corrected chi connectivity index (χ3v) is 9.66. The summed E-state index contributed by atoms with van der Waals surface area (Å²) in [5.41, 5.74) is 6.11. The highest BCUT2D eigenvalue weighted by molar-refractivity contribution is 6.32. The van der Waals surface area contributed by atoms with Gasteiger partial charge in [-0.1, -0.05) is 17.7 Å². The van der Waals surface area contributed by atoms with Gasteiger partial charge in [-0.3, -0.25) is 4.90 Å². The third-order valence-electron chi connectivity index (χ3n) is 9.38. The lowest BCUT2D eigenvalue weighted by Crippen LogP contribution is -2.59. The second-order valence-corrected chi connectivity index (χ2v) is 12.8. The number of hydrogen-bond acceptors (Lipinski definition) is 8. The van der Waals surface area contributed by atoms with Gasteiger partial charge >= 0.3 is 0 Å². The summed E-state index contributed by atoms with van der Waals surface area (Å²) in [6.45, 7) is 15.3. The summed E-state index contributed by atoms with van der Waals surface area (Å²) in [7, 11) is 5.67. The third kappa shape index (κ3) is 6.40. The van der Waals surface area contributed by atoms with Crippen LogP contribution in [-0.4, -0.2) is 80.9 Å². The molecule has 1 N–H and O–H groups in total. The number of aromatic nitrogens is 2. The van der Waals surface area contributed by atoms with E-state index in [-0.39, 0.29) is 5.54 Å². The first kappa shape index (κ1) is 30.2. The fraction of sp³-hybridized carbons (Fsp3) is 0.515. The van der Waals surface area contributed by atoms with E-state index in [9.17, 15) is 0 Å². The molecule has 2 fully saturated rings. The van der Waals surface area contributed by atoms with E-state index in [0.717, 1.165) is 56.4 Å². The standard InChI is InChI=1S/C33H46ClN7O/c1-23-8-10-27(20-24(23)2)39-14-12-25(13-15-39)33(3,4)41-18-16-40(17-19-41)32-35-22-28(34)31(37-32)36-26-9-11-29(38(5)6)30(21-26)42-7/h8-11,20-22,25H,12-19H2,1-7H3,(H,35,36,37). The van der Waals surface area contributed by atoms with Crippen molar-refractivity contribution in [1.82, 2.24) is 14.9 Å². The lowest BCUT2D eigenvalue weighted by Gasteiger charge is -2.50. The van der Waals surface area contributed by atoms with Gasteiger partial charge in [0, 0.05) is 76.3 Å². The molecule has 2 saturated heterocycles. The molecule has 0 bridgehead atoms. The molecule has 0 unspecified atom stereocenters. The molecular formula is C33H46ClN7O. The Morgan fingerprint density at radius 3 is 2.29 bits per heavy atom. The molecule has 2 aromatic carbocycles. The van der Waals surface area contributed by atoms with Crippen LogP contribution in [0.25, 0.3) is 0 Å². The van der Waals surface area contributed by atoms with Crippen molar-refractivity contribution in [3.05, 3.63) is 58.7 Å². The first-order valence-corrected chi connectivity index (χ1v) is 15.4. The summed E-state index contributed by atoms with van der Waals surface area (Å²) >= 11 is 6.52. The Hall–Kier alpha value is -3.23. The highest BCUT2D eigenvalue weighted by Crippen LogP contribution is 2.36. The van der Waals surface area contributed by atoms with Crippen LogP contribution in [0.1, 0.15) is 37.8 Å². The first-order chi connectivity index (χ1) is 20.1. The summed E-state index contributed by atoms with van der Waals surface area (Å²) in [5, 5.41) is 3.85. The van der Waals surface area contributed by atoms with E-state index in [4.69, 9.17) is 21.3 Å². The van der Waals surface area contributed by atoms with Crippen molar-refractivity contribution in [3.8, 4) is 5.75 Å². The highest BCUT2D eigenvalue weighted by Gasteiger charge is 2.39. The quantitative estimate of drug-likeness (QED) is 0.324. The molecule has 0 aliphatic carbocycles. The molecule has 2 aliphatic rings. The second kappa shape index (κ2) is 12.6. The molecule has 0 radical (unpaired) electrons. The summed E-state index contributed by atoms with van der Waals surface area (Å²) in [6.07, 6.45) is 4.13. The fourth-order valence-electron chi connectivity index (χ4n) is 6.37. The normalized spacial score (nSPS) is 17.0. The van der Waals surface area contributed by atoms with Crippen LogP contribution in [0.5, 0.6) is 5.75 Å². The Labute approximate surface area is 256 Å². The van der Waals surface area contributed by atoms with Crippen molar-refractivity contribution in [2.75, 3.05) is 80.5 Å². The Morgan fingerprint density at radius 2 is 1.64 bits per heavy atom. The van der Waals surface area contributed by atoms with E-state index in [0.29, 0.717) is 22.7 Å². The van der Waals surface area contributed by atoms with Crippen LogP contribution >= 0.6 is 11.6 Å². The van der Waals surface area contributed by atoms with Gasteiger partial charge in [-0.25, -0.2) is 4.98 Å². The molecule has 2 aliphatic heterocycles. The van der Waals surface area contributed by atoms with E-state index in [2.05, 4.69) is 70.9 Å². The van der Waals surface area contributed by atoms with Crippen molar-refractivity contribution < 1.29 is 4.74 Å². The highest BCUT2D eigenvalue weighted by atomic mass is 35.5. The van der Waals surface area contributed by atoms with Gasteiger partial charge in [0.05, 0.1) is 19.0 Å². The average Bonchev–Trinajstić information content (AvgIpc) is 2.99. The van der Waals surface area contributed by atoms with Crippen molar-refractivity contribution in [3.63, 3.8) is 0 Å². The average molecular weight is 592 g/mol. The predicted octanol–water partition coefficient (Wildman–Crippen LogP) is 6.38. The molecule has 5 rings (SSSR count). The van der Waals surface area contributed by atoms with Gasteiger partial charge in [0.15, 0.2) is 5.82 Å².